The predicted octanol–water partition coefficient (Wildman–Crippen LogP) is 2.91. The normalized spacial score (nSPS) is 11.8. The Morgan fingerprint density at radius 1 is 1.22 bits per heavy atom. The second-order valence-electron chi connectivity index (χ2n) is 5.43. The number of thiazole rings is 1. The van der Waals surface area contributed by atoms with Crippen LogP contribution in [0.2, 0.25) is 0 Å². The fourth-order valence-corrected chi connectivity index (χ4v) is 2.68. The zero-order chi connectivity index (χ0) is 16.8. The van der Waals surface area contributed by atoms with Crippen LogP contribution in [0, 0.1) is 6.92 Å². The smallest absolute Gasteiger partial charge is 0.263 e. The molecule has 2 amide bonds. The average Bonchev–Trinajstić information content (AvgIpc) is 2.99. The molecule has 0 saturated heterocycles. The molecule has 0 aliphatic heterocycles. The molecule has 1 heterocycles. The highest BCUT2D eigenvalue weighted by Crippen LogP contribution is 2.12. The summed E-state index contributed by atoms with van der Waals surface area (Å²) in [5.41, 5.74) is 3.97. The molecule has 0 radical (unpaired) electrons. The monoisotopic (exact) mass is 331 g/mol. The number of benzene rings is 1. The van der Waals surface area contributed by atoms with Gasteiger partial charge in [-0.1, -0.05) is 19.1 Å². The van der Waals surface area contributed by atoms with Gasteiger partial charge in [-0.15, -0.1) is 11.3 Å². The summed E-state index contributed by atoms with van der Waals surface area (Å²) in [7, 11) is 0. The number of nitrogens with zero attached hydrogens (tertiary/aromatic N) is 1. The van der Waals surface area contributed by atoms with Crippen LogP contribution >= 0.6 is 11.3 Å². The first kappa shape index (κ1) is 17.1. The van der Waals surface area contributed by atoms with Gasteiger partial charge in [-0.3, -0.25) is 9.59 Å². The first-order chi connectivity index (χ1) is 11.0. The van der Waals surface area contributed by atoms with Crippen LogP contribution < -0.4 is 10.6 Å². The third-order valence-corrected chi connectivity index (χ3v) is 4.54. The fraction of sp³-hybridized carbons (Fsp3) is 0.353. The quantitative estimate of drug-likeness (QED) is 0.855. The van der Waals surface area contributed by atoms with E-state index >= 15 is 0 Å². The largest absolute Gasteiger partial charge is 0.350 e. The standard InChI is InChI=1S/C17H21N3O2S/c1-4-11(2)20-16(21)14-7-5-13(6-8-14)9-18-17(22)15-12(3)19-10-23-15/h5-8,10-11H,4,9H2,1-3H3,(H,18,22)(H,20,21). The molecule has 23 heavy (non-hydrogen) atoms. The van der Waals surface area contributed by atoms with Gasteiger partial charge in [-0.2, -0.15) is 0 Å². The molecule has 122 valence electrons. The van der Waals surface area contributed by atoms with E-state index in [1.54, 1.807) is 17.6 Å². The van der Waals surface area contributed by atoms with Gasteiger partial charge < -0.3 is 10.6 Å². The molecule has 0 saturated carbocycles. The van der Waals surface area contributed by atoms with Crippen LogP contribution in [0.15, 0.2) is 29.8 Å². The molecule has 0 aliphatic carbocycles. The molecular formula is C17H21N3O2S. The zero-order valence-electron chi connectivity index (χ0n) is 13.6. The van der Waals surface area contributed by atoms with Crippen LogP contribution in [0.25, 0.3) is 0 Å². The van der Waals surface area contributed by atoms with E-state index in [0.717, 1.165) is 17.7 Å². The van der Waals surface area contributed by atoms with Crippen molar-refractivity contribution >= 4 is 23.2 Å². The van der Waals surface area contributed by atoms with Crippen molar-refractivity contribution in [3.8, 4) is 0 Å². The topological polar surface area (TPSA) is 71.1 Å². The molecular weight excluding hydrogens is 310 g/mol. The summed E-state index contributed by atoms with van der Waals surface area (Å²) in [5.74, 6) is -0.196. The summed E-state index contributed by atoms with van der Waals surface area (Å²) in [4.78, 5) is 28.7. The summed E-state index contributed by atoms with van der Waals surface area (Å²) < 4.78 is 0. The molecule has 0 fully saturated rings. The van der Waals surface area contributed by atoms with Gasteiger partial charge in [0.15, 0.2) is 0 Å². The molecule has 0 spiro atoms. The highest BCUT2D eigenvalue weighted by Gasteiger charge is 2.11. The van der Waals surface area contributed by atoms with Crippen LogP contribution in [-0.4, -0.2) is 22.8 Å². The number of aromatic nitrogens is 1. The Morgan fingerprint density at radius 2 is 1.91 bits per heavy atom. The van der Waals surface area contributed by atoms with Crippen LogP contribution in [-0.2, 0) is 6.54 Å². The van der Waals surface area contributed by atoms with Crippen molar-refractivity contribution in [2.75, 3.05) is 0 Å². The van der Waals surface area contributed by atoms with Gasteiger partial charge in [0, 0.05) is 18.2 Å². The molecule has 5 nitrogen and oxygen atoms in total. The number of amides is 2. The third-order valence-electron chi connectivity index (χ3n) is 3.61. The van der Waals surface area contributed by atoms with Crippen LogP contribution in [0.3, 0.4) is 0 Å². The van der Waals surface area contributed by atoms with E-state index in [1.807, 2.05) is 32.9 Å². The second kappa shape index (κ2) is 7.87. The lowest BCUT2D eigenvalue weighted by atomic mass is 10.1. The van der Waals surface area contributed by atoms with Gasteiger partial charge in [0.1, 0.15) is 4.88 Å². The molecule has 0 bridgehead atoms. The molecule has 2 rings (SSSR count). The highest BCUT2D eigenvalue weighted by atomic mass is 32.1. The van der Waals surface area contributed by atoms with Crippen molar-refractivity contribution in [3.05, 3.63) is 51.5 Å². The maximum absolute atomic E-state index is 12.0. The van der Waals surface area contributed by atoms with Crippen LogP contribution in [0.4, 0.5) is 0 Å². The molecule has 1 aromatic heterocycles. The Hall–Kier alpha value is -2.21. The van der Waals surface area contributed by atoms with E-state index < -0.39 is 0 Å². The van der Waals surface area contributed by atoms with Crippen LogP contribution in [0.1, 0.15) is 51.6 Å². The number of hydrogen-bond donors (Lipinski definition) is 2. The minimum absolute atomic E-state index is 0.0739. The number of nitrogens with one attached hydrogen (secondary N) is 2. The molecule has 2 N–H and O–H groups in total. The van der Waals surface area contributed by atoms with Gasteiger partial charge in [-0.25, -0.2) is 4.98 Å². The summed E-state index contributed by atoms with van der Waals surface area (Å²) in [5, 5.41) is 5.79. The van der Waals surface area contributed by atoms with E-state index in [1.165, 1.54) is 11.3 Å². The molecule has 6 heteroatoms. The second-order valence-corrected chi connectivity index (χ2v) is 6.28. The van der Waals surface area contributed by atoms with E-state index in [9.17, 15) is 9.59 Å². The molecule has 2 aromatic rings. The Kier molecular flexibility index (Phi) is 5.87. The molecule has 0 aliphatic rings. The lowest BCUT2D eigenvalue weighted by molar-refractivity contribution is 0.0934. The minimum atomic E-state index is -0.122. The van der Waals surface area contributed by atoms with Crippen molar-refractivity contribution in [1.29, 1.82) is 0 Å². The van der Waals surface area contributed by atoms with E-state index in [4.69, 9.17) is 0 Å². The minimum Gasteiger partial charge on any atom is -0.350 e. The van der Waals surface area contributed by atoms with Gasteiger partial charge in [-0.05, 0) is 38.0 Å². The summed E-state index contributed by atoms with van der Waals surface area (Å²) >= 11 is 1.33. The lowest BCUT2D eigenvalue weighted by Gasteiger charge is -2.11. The fourth-order valence-electron chi connectivity index (χ4n) is 1.97. The van der Waals surface area contributed by atoms with Gasteiger partial charge in [0.25, 0.3) is 11.8 Å². The van der Waals surface area contributed by atoms with Crippen molar-refractivity contribution in [2.24, 2.45) is 0 Å². The van der Waals surface area contributed by atoms with E-state index in [0.29, 0.717) is 17.0 Å². The highest BCUT2D eigenvalue weighted by molar-refractivity contribution is 7.11. The number of hydrogen-bond acceptors (Lipinski definition) is 4. The van der Waals surface area contributed by atoms with E-state index in [-0.39, 0.29) is 17.9 Å². The summed E-state index contributed by atoms with van der Waals surface area (Å²) in [6.07, 6.45) is 0.896. The van der Waals surface area contributed by atoms with Crippen molar-refractivity contribution < 1.29 is 9.59 Å². The Morgan fingerprint density at radius 3 is 2.48 bits per heavy atom. The van der Waals surface area contributed by atoms with Gasteiger partial charge in [0.2, 0.25) is 0 Å². The molecule has 1 unspecified atom stereocenters. The number of rotatable bonds is 6. The molecule has 1 aromatic carbocycles. The van der Waals surface area contributed by atoms with E-state index in [2.05, 4.69) is 15.6 Å². The van der Waals surface area contributed by atoms with Gasteiger partial charge >= 0.3 is 0 Å². The Balaban J connectivity index is 1.91. The third kappa shape index (κ3) is 4.63. The number of carbonyl (C=O) groups is 2. The van der Waals surface area contributed by atoms with Crippen molar-refractivity contribution in [2.45, 2.75) is 39.8 Å². The van der Waals surface area contributed by atoms with Crippen molar-refractivity contribution in [3.63, 3.8) is 0 Å². The Bertz CT molecular complexity index is 679. The number of aryl methyl sites for hydroxylation is 1. The Labute approximate surface area is 140 Å². The van der Waals surface area contributed by atoms with Crippen LogP contribution in [0.5, 0.6) is 0 Å². The SMILES string of the molecule is CCC(C)NC(=O)c1ccc(CNC(=O)c2scnc2C)cc1. The first-order valence-electron chi connectivity index (χ1n) is 7.59. The maximum Gasteiger partial charge on any atom is 0.263 e. The lowest BCUT2D eigenvalue weighted by Crippen LogP contribution is -2.31. The number of carbonyl (C=O) groups excluding carboxylic acids is 2. The summed E-state index contributed by atoms with van der Waals surface area (Å²) in [6, 6.07) is 7.41. The average molecular weight is 331 g/mol. The predicted molar refractivity (Wildman–Crippen MR) is 91.7 cm³/mol. The summed E-state index contributed by atoms with van der Waals surface area (Å²) in [6.45, 7) is 6.24. The molecule has 1 atom stereocenters. The van der Waals surface area contributed by atoms with Gasteiger partial charge in [0.05, 0.1) is 11.2 Å². The van der Waals surface area contributed by atoms with Crippen molar-refractivity contribution in [1.82, 2.24) is 15.6 Å². The maximum atomic E-state index is 12.0. The first-order valence-corrected chi connectivity index (χ1v) is 8.47. The zero-order valence-corrected chi connectivity index (χ0v) is 14.4.